The van der Waals surface area contributed by atoms with Crippen molar-refractivity contribution >= 4 is 22.9 Å². The van der Waals surface area contributed by atoms with Crippen LogP contribution in [0.5, 0.6) is 0 Å². The summed E-state index contributed by atoms with van der Waals surface area (Å²) in [5.41, 5.74) is 1.01. The summed E-state index contributed by atoms with van der Waals surface area (Å²) >= 11 is 0. The molecule has 0 radical (unpaired) electrons. The Bertz CT molecular complexity index is 878. The minimum atomic E-state index is -1.07. The van der Waals surface area contributed by atoms with Crippen LogP contribution in [0, 0.1) is 0 Å². The van der Waals surface area contributed by atoms with Crippen LogP contribution in [-0.2, 0) is 11.8 Å². The fraction of sp³-hybridized carbons (Fsp3) is 0.500. The van der Waals surface area contributed by atoms with E-state index in [2.05, 4.69) is 10.1 Å². The van der Waals surface area contributed by atoms with Gasteiger partial charge in [0, 0.05) is 25.7 Å². The Morgan fingerprint density at radius 2 is 2.17 bits per heavy atom. The molecular formula is C16H20N4O4. The van der Waals surface area contributed by atoms with Gasteiger partial charge in [-0.25, -0.2) is 9.78 Å². The molecular weight excluding hydrogens is 312 g/mol. The number of pyridine rings is 1. The van der Waals surface area contributed by atoms with E-state index >= 15 is 0 Å². The number of carbonyl (C=O) groups excluding carboxylic acids is 1. The second-order valence-electron chi connectivity index (χ2n) is 6.25. The molecule has 1 unspecified atom stereocenters. The zero-order valence-electron chi connectivity index (χ0n) is 13.9. The number of nitrogens with one attached hydrogen (secondary N) is 1. The predicted molar refractivity (Wildman–Crippen MR) is 87.1 cm³/mol. The number of aliphatic carboxylic acids is 1. The lowest BCUT2D eigenvalue weighted by Crippen LogP contribution is -2.42. The quantitative estimate of drug-likeness (QED) is 0.851. The third-order valence-corrected chi connectivity index (χ3v) is 4.52. The van der Waals surface area contributed by atoms with Crippen molar-refractivity contribution < 1.29 is 14.7 Å². The Balaban J connectivity index is 2.15. The molecule has 0 aliphatic heterocycles. The molecule has 1 atom stereocenters. The number of rotatable bonds is 5. The van der Waals surface area contributed by atoms with Crippen LogP contribution in [-0.4, -0.2) is 49.7 Å². The first-order valence-electron chi connectivity index (χ1n) is 7.94. The van der Waals surface area contributed by atoms with Crippen LogP contribution < -0.4 is 5.56 Å². The largest absolute Gasteiger partial charge is 0.480 e. The van der Waals surface area contributed by atoms with Crippen molar-refractivity contribution in [1.29, 1.82) is 0 Å². The normalized spacial score (nSPS) is 15.5. The molecule has 128 valence electrons. The SMILES string of the molecule is CCC(C(=O)O)N(C)C(=O)c1cc(C2CC2)nc2c1c(=O)[nH]n2C. The number of aromatic nitrogens is 3. The van der Waals surface area contributed by atoms with Gasteiger partial charge in [-0.05, 0) is 25.3 Å². The van der Waals surface area contributed by atoms with Gasteiger partial charge in [-0.15, -0.1) is 0 Å². The van der Waals surface area contributed by atoms with Crippen molar-refractivity contribution in [1.82, 2.24) is 19.7 Å². The third kappa shape index (κ3) is 2.57. The van der Waals surface area contributed by atoms with Gasteiger partial charge in [0.05, 0.1) is 10.9 Å². The smallest absolute Gasteiger partial charge is 0.326 e. The van der Waals surface area contributed by atoms with E-state index in [0.717, 1.165) is 18.5 Å². The van der Waals surface area contributed by atoms with Gasteiger partial charge in [-0.2, -0.15) is 0 Å². The molecule has 2 aromatic heterocycles. The second-order valence-corrected chi connectivity index (χ2v) is 6.25. The maximum Gasteiger partial charge on any atom is 0.326 e. The highest BCUT2D eigenvalue weighted by molar-refractivity contribution is 6.06. The predicted octanol–water partition coefficient (Wildman–Crippen LogP) is 1.07. The topological polar surface area (TPSA) is 108 Å². The number of carboxylic acid groups (broad SMARTS) is 1. The Morgan fingerprint density at radius 1 is 1.50 bits per heavy atom. The van der Waals surface area contributed by atoms with Crippen LogP contribution in [0.4, 0.5) is 0 Å². The molecule has 0 aromatic carbocycles. The maximum atomic E-state index is 12.9. The summed E-state index contributed by atoms with van der Waals surface area (Å²) in [7, 11) is 3.11. The van der Waals surface area contributed by atoms with Gasteiger partial charge < -0.3 is 10.0 Å². The Hall–Kier alpha value is -2.64. The number of aromatic amines is 1. The molecule has 24 heavy (non-hydrogen) atoms. The number of aryl methyl sites for hydroxylation is 1. The molecule has 1 aliphatic rings. The molecule has 8 nitrogen and oxygen atoms in total. The highest BCUT2D eigenvalue weighted by atomic mass is 16.4. The highest BCUT2D eigenvalue weighted by Gasteiger charge is 2.31. The van der Waals surface area contributed by atoms with Gasteiger partial charge in [-0.1, -0.05) is 6.92 Å². The lowest BCUT2D eigenvalue weighted by molar-refractivity contribution is -0.142. The molecule has 2 N–H and O–H groups in total. The van der Waals surface area contributed by atoms with Gasteiger partial charge in [0.25, 0.3) is 11.5 Å². The molecule has 3 rings (SSSR count). The van der Waals surface area contributed by atoms with Crippen molar-refractivity contribution in [3.05, 3.63) is 27.7 Å². The first-order chi connectivity index (χ1) is 11.3. The fourth-order valence-electron chi connectivity index (χ4n) is 2.98. The summed E-state index contributed by atoms with van der Waals surface area (Å²) in [5.74, 6) is -1.24. The summed E-state index contributed by atoms with van der Waals surface area (Å²) in [5, 5.41) is 12.1. The lowest BCUT2D eigenvalue weighted by atomic mass is 10.1. The number of H-pyrrole nitrogens is 1. The summed E-state index contributed by atoms with van der Waals surface area (Å²) in [6, 6.07) is 0.704. The monoisotopic (exact) mass is 332 g/mol. The van der Waals surface area contributed by atoms with E-state index in [4.69, 9.17) is 0 Å². The molecule has 1 amide bonds. The molecule has 0 bridgehead atoms. The zero-order valence-corrected chi connectivity index (χ0v) is 13.9. The van der Waals surface area contributed by atoms with Crippen molar-refractivity contribution in [3.8, 4) is 0 Å². The number of hydrogen-bond acceptors (Lipinski definition) is 4. The number of amides is 1. The Labute approximate surface area is 138 Å². The van der Waals surface area contributed by atoms with E-state index in [1.807, 2.05) is 0 Å². The summed E-state index contributed by atoms with van der Waals surface area (Å²) in [4.78, 5) is 42.1. The molecule has 1 saturated carbocycles. The first-order valence-corrected chi connectivity index (χ1v) is 7.94. The maximum absolute atomic E-state index is 12.9. The van der Waals surface area contributed by atoms with Crippen LogP contribution >= 0.6 is 0 Å². The average molecular weight is 332 g/mol. The zero-order chi connectivity index (χ0) is 17.6. The van der Waals surface area contributed by atoms with Crippen molar-refractivity contribution in [3.63, 3.8) is 0 Å². The number of hydrogen-bond donors (Lipinski definition) is 2. The minimum Gasteiger partial charge on any atom is -0.480 e. The van der Waals surface area contributed by atoms with Crippen LogP contribution in [0.15, 0.2) is 10.9 Å². The minimum absolute atomic E-state index is 0.207. The standard InChI is InChI=1S/C16H20N4O4/c1-4-11(16(23)24)19(2)15(22)9-7-10(8-5-6-8)17-13-12(9)14(21)18-20(13)3/h7-8,11H,4-6H2,1-3H3,(H,18,21)(H,23,24). The summed E-state index contributed by atoms with van der Waals surface area (Å²) in [6.07, 6.45) is 2.30. The van der Waals surface area contributed by atoms with E-state index in [1.165, 1.54) is 16.6 Å². The Morgan fingerprint density at radius 3 is 2.71 bits per heavy atom. The number of likely N-dealkylation sites (N-methyl/N-ethyl adjacent to an activating group) is 1. The lowest BCUT2D eigenvalue weighted by Gasteiger charge is -2.24. The van der Waals surface area contributed by atoms with E-state index < -0.39 is 23.5 Å². The van der Waals surface area contributed by atoms with E-state index in [0.29, 0.717) is 11.6 Å². The van der Waals surface area contributed by atoms with Crippen LogP contribution in [0.3, 0.4) is 0 Å². The first kappa shape index (κ1) is 16.2. The molecule has 8 heteroatoms. The number of nitrogens with zero attached hydrogens (tertiary/aromatic N) is 3. The van der Waals surface area contributed by atoms with Gasteiger partial charge in [-0.3, -0.25) is 19.4 Å². The summed E-state index contributed by atoms with van der Waals surface area (Å²) < 4.78 is 1.49. The fourth-order valence-corrected chi connectivity index (χ4v) is 2.98. The third-order valence-electron chi connectivity index (χ3n) is 4.52. The molecule has 2 heterocycles. The second kappa shape index (κ2) is 5.77. The van der Waals surface area contributed by atoms with Crippen molar-refractivity contribution in [2.24, 2.45) is 7.05 Å². The molecule has 1 fully saturated rings. The number of carbonyl (C=O) groups is 2. The molecule has 0 saturated heterocycles. The van der Waals surface area contributed by atoms with Gasteiger partial charge in [0.2, 0.25) is 0 Å². The molecule has 2 aromatic rings. The van der Waals surface area contributed by atoms with Gasteiger partial charge in [0.15, 0.2) is 5.65 Å². The van der Waals surface area contributed by atoms with Crippen molar-refractivity contribution in [2.45, 2.75) is 38.1 Å². The van der Waals surface area contributed by atoms with Gasteiger partial charge >= 0.3 is 5.97 Å². The number of carboxylic acids is 1. The summed E-state index contributed by atoms with van der Waals surface area (Å²) in [6.45, 7) is 1.70. The highest BCUT2D eigenvalue weighted by Crippen LogP contribution is 2.40. The molecule has 1 aliphatic carbocycles. The van der Waals surface area contributed by atoms with Crippen LogP contribution in [0.2, 0.25) is 0 Å². The molecule has 0 spiro atoms. The van der Waals surface area contributed by atoms with Crippen molar-refractivity contribution in [2.75, 3.05) is 7.05 Å². The Kier molecular flexibility index (Phi) is 3.90. The van der Waals surface area contributed by atoms with Crippen LogP contribution in [0.1, 0.15) is 48.2 Å². The van der Waals surface area contributed by atoms with E-state index in [-0.39, 0.29) is 17.4 Å². The van der Waals surface area contributed by atoms with Gasteiger partial charge in [0.1, 0.15) is 6.04 Å². The van der Waals surface area contributed by atoms with Crippen LogP contribution in [0.25, 0.3) is 11.0 Å². The average Bonchev–Trinajstić information content (AvgIpc) is 3.33. The number of fused-ring (bicyclic) bond motifs is 1. The van der Waals surface area contributed by atoms with E-state index in [1.54, 1.807) is 20.0 Å². The van der Waals surface area contributed by atoms with E-state index in [9.17, 15) is 19.5 Å².